The molecule has 0 fully saturated rings. The topological polar surface area (TPSA) is 84.6 Å². The van der Waals surface area contributed by atoms with Crippen molar-refractivity contribution in [3.63, 3.8) is 0 Å². The summed E-state index contributed by atoms with van der Waals surface area (Å²) < 4.78 is 5.08. The van der Waals surface area contributed by atoms with E-state index >= 15 is 0 Å². The maximum absolute atomic E-state index is 12.0. The molecule has 0 saturated heterocycles. The lowest BCUT2D eigenvalue weighted by atomic mass is 10.1. The summed E-state index contributed by atoms with van der Waals surface area (Å²) in [4.78, 5) is 12.0. The highest BCUT2D eigenvalue weighted by Crippen LogP contribution is 2.19. The van der Waals surface area contributed by atoms with Gasteiger partial charge in [0.1, 0.15) is 11.5 Å². The van der Waals surface area contributed by atoms with Crippen LogP contribution in [0.2, 0.25) is 0 Å². The highest BCUT2D eigenvalue weighted by atomic mass is 16.5. The number of ether oxygens (including phenoxy) is 1. The molecule has 0 aliphatic rings. The second-order valence-corrected chi connectivity index (χ2v) is 4.63. The summed E-state index contributed by atoms with van der Waals surface area (Å²) in [6.07, 6.45) is 0.693. The van der Waals surface area contributed by atoms with E-state index in [0.29, 0.717) is 18.7 Å². The maximum atomic E-state index is 12.0. The Morgan fingerprint density at radius 1 is 1.24 bits per heavy atom. The number of nitrogens with one attached hydrogen (secondary N) is 1. The van der Waals surface area contributed by atoms with Gasteiger partial charge in [0, 0.05) is 12.2 Å². The number of carbonyl (C=O) groups is 1. The monoisotopic (exact) mass is 286 g/mol. The van der Waals surface area contributed by atoms with E-state index in [1.165, 1.54) is 12.1 Å². The molecule has 5 nitrogen and oxygen atoms in total. The van der Waals surface area contributed by atoms with Gasteiger partial charge in [-0.05, 0) is 42.3 Å². The molecule has 0 aliphatic carbocycles. The number of phenols is 1. The van der Waals surface area contributed by atoms with Crippen LogP contribution in [0, 0.1) is 0 Å². The Hall–Kier alpha value is -2.69. The second-order valence-electron chi connectivity index (χ2n) is 4.63. The van der Waals surface area contributed by atoms with Crippen LogP contribution in [0.25, 0.3) is 0 Å². The van der Waals surface area contributed by atoms with Crippen molar-refractivity contribution in [1.29, 1.82) is 0 Å². The SMILES string of the molecule is COc1ccc(CCNC(=O)c2cc(N)ccc2O)cc1. The van der Waals surface area contributed by atoms with E-state index in [9.17, 15) is 9.90 Å². The minimum atomic E-state index is -0.340. The van der Waals surface area contributed by atoms with Crippen molar-refractivity contribution in [3.8, 4) is 11.5 Å². The van der Waals surface area contributed by atoms with Crippen LogP contribution in [0.1, 0.15) is 15.9 Å². The first-order valence-corrected chi connectivity index (χ1v) is 6.60. The third-order valence-electron chi connectivity index (χ3n) is 3.12. The van der Waals surface area contributed by atoms with Gasteiger partial charge >= 0.3 is 0 Å². The molecular weight excluding hydrogens is 268 g/mol. The fraction of sp³-hybridized carbons (Fsp3) is 0.188. The van der Waals surface area contributed by atoms with E-state index in [2.05, 4.69) is 5.32 Å². The van der Waals surface area contributed by atoms with Gasteiger partial charge in [-0.15, -0.1) is 0 Å². The first-order valence-electron chi connectivity index (χ1n) is 6.60. The molecule has 0 bridgehead atoms. The Bertz CT molecular complexity index is 624. The molecule has 1 amide bonds. The fourth-order valence-corrected chi connectivity index (χ4v) is 1.94. The fourth-order valence-electron chi connectivity index (χ4n) is 1.94. The molecule has 0 aliphatic heterocycles. The minimum Gasteiger partial charge on any atom is -0.507 e. The number of benzene rings is 2. The van der Waals surface area contributed by atoms with E-state index in [1.54, 1.807) is 13.2 Å². The quantitative estimate of drug-likeness (QED) is 0.579. The third-order valence-corrected chi connectivity index (χ3v) is 3.12. The van der Waals surface area contributed by atoms with Gasteiger partial charge in [0.15, 0.2) is 0 Å². The lowest BCUT2D eigenvalue weighted by molar-refractivity contribution is 0.0951. The standard InChI is InChI=1S/C16H18N2O3/c1-21-13-5-2-11(3-6-13)8-9-18-16(20)14-10-12(17)4-7-15(14)19/h2-7,10,19H,8-9,17H2,1H3,(H,18,20). The Labute approximate surface area is 123 Å². The van der Waals surface area contributed by atoms with Crippen LogP contribution in [0.4, 0.5) is 5.69 Å². The van der Waals surface area contributed by atoms with E-state index in [-0.39, 0.29) is 17.2 Å². The van der Waals surface area contributed by atoms with Crippen LogP contribution in [0.3, 0.4) is 0 Å². The van der Waals surface area contributed by atoms with Crippen LogP contribution >= 0.6 is 0 Å². The third kappa shape index (κ3) is 3.89. The van der Waals surface area contributed by atoms with Gasteiger partial charge in [-0.1, -0.05) is 12.1 Å². The molecule has 0 aromatic heterocycles. The van der Waals surface area contributed by atoms with Gasteiger partial charge in [-0.3, -0.25) is 4.79 Å². The lowest BCUT2D eigenvalue weighted by Crippen LogP contribution is -2.25. The van der Waals surface area contributed by atoms with Crippen LogP contribution in [-0.4, -0.2) is 24.7 Å². The number of carbonyl (C=O) groups excluding carboxylic acids is 1. The van der Waals surface area contributed by atoms with Crippen molar-refractivity contribution in [2.45, 2.75) is 6.42 Å². The van der Waals surface area contributed by atoms with Gasteiger partial charge in [-0.2, -0.15) is 0 Å². The van der Waals surface area contributed by atoms with E-state index in [0.717, 1.165) is 11.3 Å². The molecule has 5 heteroatoms. The zero-order valence-corrected chi connectivity index (χ0v) is 11.8. The number of amides is 1. The number of aromatic hydroxyl groups is 1. The second kappa shape index (κ2) is 6.65. The molecule has 110 valence electrons. The van der Waals surface area contributed by atoms with Crippen LogP contribution < -0.4 is 15.8 Å². The average Bonchev–Trinajstić information content (AvgIpc) is 2.50. The number of hydrogen-bond donors (Lipinski definition) is 3. The smallest absolute Gasteiger partial charge is 0.255 e. The summed E-state index contributed by atoms with van der Waals surface area (Å²) in [5.74, 6) is 0.381. The number of nitrogen functional groups attached to an aromatic ring is 1. The number of nitrogens with two attached hydrogens (primary N) is 1. The summed E-state index contributed by atoms with van der Waals surface area (Å²) in [6.45, 7) is 0.472. The average molecular weight is 286 g/mol. The van der Waals surface area contributed by atoms with E-state index in [4.69, 9.17) is 10.5 Å². The Morgan fingerprint density at radius 2 is 1.95 bits per heavy atom. The molecule has 0 heterocycles. The largest absolute Gasteiger partial charge is 0.507 e. The molecule has 0 unspecified atom stereocenters. The first kappa shape index (κ1) is 14.7. The molecule has 0 saturated carbocycles. The zero-order chi connectivity index (χ0) is 15.2. The molecule has 0 radical (unpaired) electrons. The summed E-state index contributed by atoms with van der Waals surface area (Å²) >= 11 is 0. The van der Waals surface area contributed by atoms with Crippen molar-refractivity contribution >= 4 is 11.6 Å². The summed E-state index contributed by atoms with van der Waals surface area (Å²) in [5.41, 5.74) is 7.32. The summed E-state index contributed by atoms with van der Waals surface area (Å²) in [7, 11) is 1.62. The lowest BCUT2D eigenvalue weighted by Gasteiger charge is -2.08. The molecule has 0 spiro atoms. The van der Waals surface area contributed by atoms with Crippen molar-refractivity contribution in [2.75, 3.05) is 19.4 Å². The minimum absolute atomic E-state index is 0.0776. The Kier molecular flexibility index (Phi) is 4.66. The normalized spacial score (nSPS) is 10.1. The molecule has 2 aromatic carbocycles. The Morgan fingerprint density at radius 3 is 2.62 bits per heavy atom. The number of anilines is 1. The predicted octanol–water partition coefficient (Wildman–Crippen LogP) is 1.96. The van der Waals surface area contributed by atoms with Crippen molar-refractivity contribution < 1.29 is 14.6 Å². The van der Waals surface area contributed by atoms with Crippen molar-refractivity contribution in [1.82, 2.24) is 5.32 Å². The number of methoxy groups -OCH3 is 1. The predicted molar refractivity (Wildman–Crippen MR) is 81.6 cm³/mol. The van der Waals surface area contributed by atoms with E-state index < -0.39 is 0 Å². The highest BCUT2D eigenvalue weighted by Gasteiger charge is 2.10. The number of phenolic OH excluding ortho intramolecular Hbond substituents is 1. The van der Waals surface area contributed by atoms with Crippen LogP contribution in [0.5, 0.6) is 11.5 Å². The molecule has 4 N–H and O–H groups in total. The van der Waals surface area contributed by atoms with Crippen LogP contribution in [0.15, 0.2) is 42.5 Å². The number of hydrogen-bond acceptors (Lipinski definition) is 4. The molecular formula is C16H18N2O3. The molecule has 0 atom stereocenters. The van der Waals surface area contributed by atoms with Gasteiger partial charge in [0.2, 0.25) is 0 Å². The first-order chi connectivity index (χ1) is 10.1. The molecule has 21 heavy (non-hydrogen) atoms. The van der Waals surface area contributed by atoms with Gasteiger partial charge in [0.25, 0.3) is 5.91 Å². The van der Waals surface area contributed by atoms with Gasteiger partial charge in [-0.25, -0.2) is 0 Å². The van der Waals surface area contributed by atoms with E-state index in [1.807, 2.05) is 24.3 Å². The van der Waals surface area contributed by atoms with Crippen molar-refractivity contribution in [2.24, 2.45) is 0 Å². The molecule has 2 aromatic rings. The highest BCUT2D eigenvalue weighted by molar-refractivity contribution is 5.97. The summed E-state index contributed by atoms with van der Waals surface area (Å²) in [6, 6.07) is 12.1. The van der Waals surface area contributed by atoms with Crippen molar-refractivity contribution in [3.05, 3.63) is 53.6 Å². The zero-order valence-electron chi connectivity index (χ0n) is 11.8. The van der Waals surface area contributed by atoms with Gasteiger partial charge < -0.3 is 20.9 Å². The summed E-state index contributed by atoms with van der Waals surface area (Å²) in [5, 5.41) is 12.4. The Balaban J connectivity index is 1.90. The van der Waals surface area contributed by atoms with Crippen LogP contribution in [-0.2, 0) is 6.42 Å². The number of rotatable bonds is 5. The van der Waals surface area contributed by atoms with Gasteiger partial charge in [0.05, 0.1) is 12.7 Å². The molecule has 2 rings (SSSR count). The maximum Gasteiger partial charge on any atom is 0.255 e.